The number of guanidine groups is 2. The maximum Gasteiger partial charge on any atom is 0.452 e. The van der Waals surface area contributed by atoms with E-state index in [1.807, 2.05) is 30.3 Å². The van der Waals surface area contributed by atoms with Crippen molar-refractivity contribution in [1.29, 1.82) is 0 Å². The second-order valence-corrected chi connectivity index (χ2v) is 8.37. The van der Waals surface area contributed by atoms with E-state index in [4.69, 9.17) is 32.7 Å². The molecule has 35 heavy (non-hydrogen) atoms. The number of carbonyl (C=O) groups is 3. The Bertz CT molecular complexity index is 1170. The number of amides is 3. The van der Waals surface area contributed by atoms with Gasteiger partial charge in [0.1, 0.15) is 6.61 Å². The molecule has 1 heterocycles. The zero-order valence-electron chi connectivity index (χ0n) is 19.0. The SMILES string of the molecule is CC(C)N1C(=O)C(=O)NC1=[N+]=C(NC(=O)OCCOCc1ccccc1)Nc1ccc(Cl)c(Cl)c1. The number of anilines is 1. The van der Waals surface area contributed by atoms with Crippen molar-refractivity contribution in [3.8, 4) is 0 Å². The number of benzene rings is 2. The molecule has 0 unspecified atom stereocenters. The standard InChI is InChI=1S/C23H23Cl2N5O5/c1-14(2)30-20(32)19(31)27-22(30)28-21(26-16-8-9-17(24)18(25)12-16)29-23(33)35-11-10-34-13-15-6-4-3-5-7-15/h3-9,12,14H,10-11,13H2,1-2H3,(H2,26,27,28,29,31,33)/p+1. The smallest absolute Gasteiger partial charge is 0.440 e. The van der Waals surface area contributed by atoms with Crippen LogP contribution in [0, 0.1) is 0 Å². The number of hydrogen-bond donors (Lipinski definition) is 3. The van der Waals surface area contributed by atoms with Gasteiger partial charge in [-0.25, -0.2) is 19.7 Å². The van der Waals surface area contributed by atoms with Crippen LogP contribution in [0.25, 0.3) is 0 Å². The highest BCUT2D eigenvalue weighted by Crippen LogP contribution is 2.24. The highest BCUT2D eigenvalue weighted by molar-refractivity contribution is 6.45. The Morgan fingerprint density at radius 3 is 2.51 bits per heavy atom. The molecule has 1 fully saturated rings. The average Bonchev–Trinajstić information content (AvgIpc) is 3.09. The van der Waals surface area contributed by atoms with E-state index in [2.05, 4.69) is 20.6 Å². The number of carbonyl (C=O) groups excluding carboxylic acids is 3. The molecular formula is C23H24Cl2N5O5+. The molecule has 184 valence electrons. The fraction of sp³-hybridized carbons (Fsp3) is 0.261. The molecule has 2 aromatic carbocycles. The third-order valence-electron chi connectivity index (χ3n) is 4.58. The average molecular weight is 521 g/mol. The topological polar surface area (TPSA) is 123 Å². The number of hydrogen-bond acceptors (Lipinski definition) is 5. The maximum absolute atomic E-state index is 12.4. The molecule has 0 bridgehead atoms. The monoisotopic (exact) mass is 520 g/mol. The predicted molar refractivity (Wildman–Crippen MR) is 133 cm³/mol. The van der Waals surface area contributed by atoms with Crippen LogP contribution < -0.4 is 20.6 Å². The summed E-state index contributed by atoms with van der Waals surface area (Å²) in [7, 11) is 0. The normalized spacial score (nSPS) is 12.9. The van der Waals surface area contributed by atoms with Gasteiger partial charge in [-0.15, -0.1) is 0 Å². The molecule has 0 aromatic heterocycles. The highest BCUT2D eigenvalue weighted by Gasteiger charge is 2.43. The molecule has 0 saturated carbocycles. The van der Waals surface area contributed by atoms with Crippen LogP contribution in [-0.2, 0) is 25.7 Å². The van der Waals surface area contributed by atoms with E-state index in [9.17, 15) is 14.4 Å². The lowest BCUT2D eigenvalue weighted by molar-refractivity contribution is -0.140. The molecule has 1 aliphatic heterocycles. The van der Waals surface area contributed by atoms with E-state index in [-0.39, 0.29) is 36.2 Å². The van der Waals surface area contributed by atoms with Crippen LogP contribution in [0.4, 0.5) is 10.5 Å². The van der Waals surface area contributed by atoms with E-state index in [0.29, 0.717) is 17.3 Å². The summed E-state index contributed by atoms with van der Waals surface area (Å²) in [6.07, 6.45) is -0.827. The quantitative estimate of drug-likeness (QED) is 0.169. The molecule has 3 N–H and O–H groups in total. The van der Waals surface area contributed by atoms with Crippen LogP contribution in [0.1, 0.15) is 19.4 Å². The zero-order valence-corrected chi connectivity index (χ0v) is 20.5. The lowest BCUT2D eigenvalue weighted by atomic mass is 10.2. The molecule has 1 aliphatic rings. The number of alkyl carbamates (subject to hydrolysis) is 1. The molecule has 10 nitrogen and oxygen atoms in total. The van der Waals surface area contributed by atoms with Gasteiger partial charge in [-0.3, -0.25) is 14.9 Å². The van der Waals surface area contributed by atoms with Crippen LogP contribution in [0.5, 0.6) is 0 Å². The largest absolute Gasteiger partial charge is 0.452 e. The summed E-state index contributed by atoms with van der Waals surface area (Å²) in [5.74, 6) is -1.76. The minimum absolute atomic E-state index is 0.0113. The zero-order chi connectivity index (χ0) is 25.4. The van der Waals surface area contributed by atoms with Gasteiger partial charge in [-0.2, -0.15) is 5.32 Å². The first-order valence-corrected chi connectivity index (χ1v) is 11.4. The van der Waals surface area contributed by atoms with Gasteiger partial charge < -0.3 is 9.47 Å². The lowest BCUT2D eigenvalue weighted by Crippen LogP contribution is -2.44. The van der Waals surface area contributed by atoms with Gasteiger partial charge >= 0.3 is 29.8 Å². The van der Waals surface area contributed by atoms with Crippen molar-refractivity contribution < 1.29 is 23.9 Å². The molecule has 2 aromatic rings. The third kappa shape index (κ3) is 7.46. The number of rotatable bonds is 7. The Hall–Kier alpha value is -3.56. The van der Waals surface area contributed by atoms with E-state index >= 15 is 0 Å². The predicted octanol–water partition coefficient (Wildman–Crippen LogP) is 2.49. The van der Waals surface area contributed by atoms with Crippen molar-refractivity contribution in [3.05, 3.63) is 64.1 Å². The van der Waals surface area contributed by atoms with Gasteiger partial charge in [-0.1, -0.05) is 53.5 Å². The Kier molecular flexibility index (Phi) is 9.11. The van der Waals surface area contributed by atoms with Gasteiger partial charge in [0.2, 0.25) is 0 Å². The van der Waals surface area contributed by atoms with Crippen molar-refractivity contribution in [3.63, 3.8) is 0 Å². The van der Waals surface area contributed by atoms with E-state index < -0.39 is 17.9 Å². The Morgan fingerprint density at radius 1 is 1.09 bits per heavy atom. The van der Waals surface area contributed by atoms with Crippen molar-refractivity contribution in [2.75, 3.05) is 18.5 Å². The van der Waals surface area contributed by atoms with Gasteiger partial charge in [0.25, 0.3) is 0 Å². The van der Waals surface area contributed by atoms with Gasteiger partial charge in [-0.05, 0) is 37.6 Å². The lowest BCUT2D eigenvalue weighted by Gasteiger charge is -2.12. The van der Waals surface area contributed by atoms with Crippen LogP contribution in [-0.4, -0.2) is 54.0 Å². The van der Waals surface area contributed by atoms with Gasteiger partial charge in [0.15, 0.2) is 0 Å². The van der Waals surface area contributed by atoms with Crippen molar-refractivity contribution in [2.24, 2.45) is 0 Å². The Labute approximate surface area is 211 Å². The van der Waals surface area contributed by atoms with Crippen molar-refractivity contribution in [1.82, 2.24) is 20.2 Å². The first kappa shape index (κ1) is 26.1. The molecule has 0 spiro atoms. The highest BCUT2D eigenvalue weighted by atomic mass is 35.5. The number of nitrogens with zero attached hydrogens (tertiary/aromatic N) is 2. The molecule has 12 heteroatoms. The Morgan fingerprint density at radius 2 is 1.83 bits per heavy atom. The van der Waals surface area contributed by atoms with Gasteiger partial charge in [0.05, 0.1) is 35.0 Å². The number of ether oxygens (including phenoxy) is 2. The number of halogens is 2. The minimum Gasteiger partial charge on any atom is -0.440 e. The summed E-state index contributed by atoms with van der Waals surface area (Å²) < 4.78 is 14.9. The molecule has 3 amide bonds. The summed E-state index contributed by atoms with van der Waals surface area (Å²) >= 11 is 12.0. The summed E-state index contributed by atoms with van der Waals surface area (Å²) in [6, 6.07) is 13.9. The fourth-order valence-corrected chi connectivity index (χ4v) is 3.27. The van der Waals surface area contributed by atoms with Crippen molar-refractivity contribution >= 4 is 58.7 Å². The Balaban J connectivity index is 1.71. The van der Waals surface area contributed by atoms with Crippen LogP contribution >= 0.6 is 23.2 Å². The van der Waals surface area contributed by atoms with Gasteiger partial charge in [0, 0.05) is 0 Å². The minimum atomic E-state index is -0.829. The summed E-state index contributed by atoms with van der Waals surface area (Å²) in [5.41, 5.74) is 1.44. The fourth-order valence-electron chi connectivity index (χ4n) is 2.98. The van der Waals surface area contributed by atoms with Crippen LogP contribution in [0.2, 0.25) is 10.0 Å². The molecule has 0 aliphatic carbocycles. The van der Waals surface area contributed by atoms with E-state index in [1.165, 1.54) is 11.0 Å². The molecule has 1 saturated heterocycles. The summed E-state index contributed by atoms with van der Waals surface area (Å²) in [6.45, 7) is 3.99. The van der Waals surface area contributed by atoms with E-state index in [0.717, 1.165) is 5.56 Å². The molecule has 3 rings (SSSR count). The number of nitrogens with one attached hydrogen (secondary N) is 3. The summed E-state index contributed by atoms with van der Waals surface area (Å²) in [4.78, 5) is 37.6. The van der Waals surface area contributed by atoms with Crippen molar-refractivity contribution in [2.45, 2.75) is 26.5 Å². The third-order valence-corrected chi connectivity index (χ3v) is 5.31. The first-order chi connectivity index (χ1) is 16.7. The maximum atomic E-state index is 12.4. The second kappa shape index (κ2) is 12.2. The molecular weight excluding hydrogens is 497 g/mol. The van der Waals surface area contributed by atoms with E-state index in [1.54, 1.807) is 26.0 Å². The molecule has 0 atom stereocenters. The van der Waals surface area contributed by atoms with Crippen LogP contribution in [0.3, 0.4) is 0 Å². The molecule has 0 radical (unpaired) electrons. The second-order valence-electron chi connectivity index (χ2n) is 7.56. The first-order valence-electron chi connectivity index (χ1n) is 10.6. The van der Waals surface area contributed by atoms with Crippen LogP contribution in [0.15, 0.2) is 48.5 Å². The summed E-state index contributed by atoms with van der Waals surface area (Å²) in [5, 5.41) is 8.33.